The van der Waals surface area contributed by atoms with Crippen molar-refractivity contribution >= 4 is 18.2 Å². The van der Waals surface area contributed by atoms with E-state index in [9.17, 15) is 14.4 Å². The van der Waals surface area contributed by atoms with Gasteiger partial charge >= 0.3 is 18.2 Å². The van der Waals surface area contributed by atoms with E-state index in [0.717, 1.165) is 6.08 Å². The Bertz CT molecular complexity index is 317. The maximum absolute atomic E-state index is 11.2. The molecule has 1 unspecified atom stereocenters. The first-order valence-corrected chi connectivity index (χ1v) is 5.18. The van der Waals surface area contributed by atoms with Gasteiger partial charge in [0.2, 0.25) is 0 Å². The molecular weight excluding hydrogens is 244 g/mol. The number of carbonyl (C=O) groups is 3. The van der Waals surface area contributed by atoms with Crippen molar-refractivity contribution in [3.05, 3.63) is 12.7 Å². The molecule has 0 aromatic carbocycles. The number of ether oxygens (including phenoxy) is 3. The summed E-state index contributed by atoms with van der Waals surface area (Å²) < 4.78 is 14.0. The second kappa shape index (κ2) is 8.99. The minimum Gasteiger partial charge on any atom is -0.461 e. The Hall–Kier alpha value is -2.09. The Morgan fingerprint density at radius 3 is 2.61 bits per heavy atom. The molecule has 0 rings (SSSR count). The quantitative estimate of drug-likeness (QED) is 0.268. The van der Waals surface area contributed by atoms with Crippen LogP contribution in [0.4, 0.5) is 9.59 Å². The summed E-state index contributed by atoms with van der Waals surface area (Å²) in [7, 11) is 0. The third-order valence-corrected chi connectivity index (χ3v) is 1.57. The molecular formula is C10H17N2O6+. The Labute approximate surface area is 104 Å². The number of alkyl carbamates (subject to hydrolysis) is 1. The van der Waals surface area contributed by atoms with E-state index >= 15 is 0 Å². The van der Waals surface area contributed by atoms with Gasteiger partial charge in [0, 0.05) is 6.08 Å². The van der Waals surface area contributed by atoms with Gasteiger partial charge in [-0.05, 0) is 6.92 Å². The lowest BCUT2D eigenvalue weighted by Gasteiger charge is -2.12. The van der Waals surface area contributed by atoms with Crippen LogP contribution >= 0.6 is 0 Å². The minimum atomic E-state index is -0.697. The Morgan fingerprint density at radius 1 is 1.39 bits per heavy atom. The molecule has 4 N–H and O–H groups in total. The molecule has 0 aromatic heterocycles. The fourth-order valence-electron chi connectivity index (χ4n) is 0.832. The minimum absolute atomic E-state index is 0.0161. The normalized spacial score (nSPS) is 11.0. The molecule has 8 nitrogen and oxygen atoms in total. The van der Waals surface area contributed by atoms with Crippen LogP contribution in [0.15, 0.2) is 12.7 Å². The molecule has 1 atom stereocenters. The number of hydrogen-bond donors (Lipinski definition) is 2. The van der Waals surface area contributed by atoms with Crippen molar-refractivity contribution in [3.8, 4) is 0 Å². The van der Waals surface area contributed by atoms with Gasteiger partial charge in [0.1, 0.15) is 19.3 Å². The summed E-state index contributed by atoms with van der Waals surface area (Å²) in [6.07, 6.45) is -0.959. The standard InChI is InChI=1S/C10H16N2O6/c1-3-8(13)16-5-4-12-10(15)18-7(2)6-17-9(11)14/h3,7H,1,4-6H2,2H3,(H2,11,14)(H,12,15)/p+1. The maximum Gasteiger partial charge on any atom is 0.511 e. The summed E-state index contributed by atoms with van der Waals surface area (Å²) in [4.78, 5) is 32.2. The van der Waals surface area contributed by atoms with Crippen molar-refractivity contribution in [2.24, 2.45) is 0 Å². The van der Waals surface area contributed by atoms with E-state index in [2.05, 4.69) is 27.1 Å². The van der Waals surface area contributed by atoms with Crippen molar-refractivity contribution in [1.29, 1.82) is 0 Å². The lowest BCUT2D eigenvalue weighted by Crippen LogP contribution is -2.57. The van der Waals surface area contributed by atoms with Gasteiger partial charge in [0.25, 0.3) is 0 Å². The van der Waals surface area contributed by atoms with E-state index in [1.165, 1.54) is 0 Å². The third-order valence-electron chi connectivity index (χ3n) is 1.57. The zero-order valence-electron chi connectivity index (χ0n) is 10.1. The molecule has 0 saturated carbocycles. The van der Waals surface area contributed by atoms with Crippen molar-refractivity contribution < 1.29 is 34.3 Å². The molecule has 0 aliphatic carbocycles. The topological polar surface area (TPSA) is 119 Å². The van der Waals surface area contributed by atoms with Crippen molar-refractivity contribution in [1.82, 2.24) is 5.32 Å². The number of quaternary nitrogens is 1. The van der Waals surface area contributed by atoms with E-state index < -0.39 is 24.3 Å². The lowest BCUT2D eigenvalue weighted by atomic mass is 10.4. The Balaban J connectivity index is 3.61. The van der Waals surface area contributed by atoms with Crippen LogP contribution in [-0.4, -0.2) is 44.0 Å². The highest BCUT2D eigenvalue weighted by molar-refractivity contribution is 5.81. The molecule has 2 amide bonds. The van der Waals surface area contributed by atoms with Crippen LogP contribution in [0.2, 0.25) is 0 Å². The summed E-state index contributed by atoms with van der Waals surface area (Å²) in [5.41, 5.74) is 3.00. The zero-order chi connectivity index (χ0) is 14.0. The highest BCUT2D eigenvalue weighted by Gasteiger charge is 2.11. The Kier molecular flexibility index (Phi) is 7.95. The molecule has 102 valence electrons. The average molecular weight is 261 g/mol. The predicted octanol–water partition coefficient (Wildman–Crippen LogP) is -0.791. The SMILES string of the molecule is C=CC(=O)OCCNC(=O)OC(C)COC([NH3+])=O. The van der Waals surface area contributed by atoms with Crippen LogP contribution in [-0.2, 0) is 19.0 Å². The van der Waals surface area contributed by atoms with Crippen LogP contribution < -0.4 is 11.1 Å². The first kappa shape index (κ1) is 15.9. The molecule has 0 aliphatic heterocycles. The summed E-state index contributed by atoms with van der Waals surface area (Å²) >= 11 is 0. The van der Waals surface area contributed by atoms with E-state index in [1.54, 1.807) is 6.92 Å². The molecule has 0 fully saturated rings. The summed E-state index contributed by atoms with van der Waals surface area (Å²) in [5.74, 6) is -0.569. The van der Waals surface area contributed by atoms with Gasteiger partial charge in [0.05, 0.1) is 6.54 Å². The van der Waals surface area contributed by atoms with Gasteiger partial charge in [-0.3, -0.25) is 5.73 Å². The highest BCUT2D eigenvalue weighted by atomic mass is 16.6. The van der Waals surface area contributed by atoms with Gasteiger partial charge < -0.3 is 19.5 Å². The van der Waals surface area contributed by atoms with E-state index in [-0.39, 0.29) is 19.8 Å². The van der Waals surface area contributed by atoms with Crippen molar-refractivity contribution in [2.75, 3.05) is 19.8 Å². The third kappa shape index (κ3) is 9.16. The van der Waals surface area contributed by atoms with Gasteiger partial charge in [-0.15, -0.1) is 0 Å². The molecule has 0 saturated heterocycles. The molecule has 0 aromatic rings. The van der Waals surface area contributed by atoms with Gasteiger partial charge in [-0.1, -0.05) is 6.58 Å². The monoisotopic (exact) mass is 261 g/mol. The fraction of sp³-hybridized carbons (Fsp3) is 0.500. The number of hydrogen-bond acceptors (Lipinski definition) is 6. The number of rotatable bonds is 7. The lowest BCUT2D eigenvalue weighted by molar-refractivity contribution is -0.284. The van der Waals surface area contributed by atoms with Crippen LogP contribution in [0.3, 0.4) is 0 Å². The molecule has 0 heterocycles. The van der Waals surface area contributed by atoms with E-state index in [0.29, 0.717) is 0 Å². The first-order chi connectivity index (χ1) is 8.45. The molecule has 0 aliphatic rings. The maximum atomic E-state index is 11.2. The number of esters is 1. The number of carbonyl (C=O) groups excluding carboxylic acids is 3. The predicted molar refractivity (Wildman–Crippen MR) is 59.3 cm³/mol. The van der Waals surface area contributed by atoms with Gasteiger partial charge in [-0.2, -0.15) is 4.79 Å². The van der Waals surface area contributed by atoms with Gasteiger partial charge in [0.15, 0.2) is 0 Å². The molecule has 8 heteroatoms. The zero-order valence-corrected chi connectivity index (χ0v) is 10.1. The van der Waals surface area contributed by atoms with E-state index in [1.807, 2.05) is 0 Å². The van der Waals surface area contributed by atoms with Crippen LogP contribution in [0.1, 0.15) is 6.92 Å². The second-order valence-electron chi connectivity index (χ2n) is 3.20. The Morgan fingerprint density at radius 2 is 2.06 bits per heavy atom. The fourth-order valence-corrected chi connectivity index (χ4v) is 0.832. The first-order valence-electron chi connectivity index (χ1n) is 5.18. The average Bonchev–Trinajstić information content (AvgIpc) is 2.31. The van der Waals surface area contributed by atoms with Crippen LogP contribution in [0.5, 0.6) is 0 Å². The number of nitrogens with one attached hydrogen (secondary N) is 1. The van der Waals surface area contributed by atoms with Crippen LogP contribution in [0, 0.1) is 0 Å². The summed E-state index contributed by atoms with van der Waals surface area (Å²) in [5, 5.41) is 2.35. The summed E-state index contributed by atoms with van der Waals surface area (Å²) in [6, 6.07) is 0. The second-order valence-corrected chi connectivity index (χ2v) is 3.20. The molecule has 18 heavy (non-hydrogen) atoms. The van der Waals surface area contributed by atoms with E-state index in [4.69, 9.17) is 4.74 Å². The largest absolute Gasteiger partial charge is 0.511 e. The smallest absolute Gasteiger partial charge is 0.461 e. The summed E-state index contributed by atoms with van der Waals surface area (Å²) in [6.45, 7) is 4.83. The molecule has 0 radical (unpaired) electrons. The van der Waals surface area contributed by atoms with Crippen LogP contribution in [0.25, 0.3) is 0 Å². The molecule has 0 spiro atoms. The highest BCUT2D eigenvalue weighted by Crippen LogP contribution is 1.92. The van der Waals surface area contributed by atoms with Gasteiger partial charge in [-0.25, -0.2) is 9.59 Å². The van der Waals surface area contributed by atoms with Crippen molar-refractivity contribution in [2.45, 2.75) is 13.0 Å². The molecule has 0 bridgehead atoms. The van der Waals surface area contributed by atoms with Crippen molar-refractivity contribution in [3.63, 3.8) is 0 Å². The number of amides is 2.